The van der Waals surface area contributed by atoms with Crippen LogP contribution in [0.25, 0.3) is 0 Å². The first kappa shape index (κ1) is 25.4. The molecule has 0 saturated carbocycles. The molecule has 91 valence electrons. The van der Waals surface area contributed by atoms with Gasteiger partial charge < -0.3 is 10.2 Å². The lowest BCUT2D eigenvalue weighted by Gasteiger charge is -2.00. The third kappa shape index (κ3) is 8.61. The quantitative estimate of drug-likeness (QED) is 0.635. The maximum atomic E-state index is 10.3. The van der Waals surface area contributed by atoms with Crippen molar-refractivity contribution in [2.24, 2.45) is 0 Å². The second kappa shape index (κ2) is 11.9. The van der Waals surface area contributed by atoms with Crippen LogP contribution in [0.15, 0.2) is 22.7 Å². The van der Waals surface area contributed by atoms with E-state index in [0.717, 1.165) is 0 Å². The lowest BCUT2D eigenvalue weighted by atomic mass is 10.1. The molecule has 0 aromatic heterocycles. The first-order valence-electron chi connectivity index (χ1n) is 3.29. The third-order valence-corrected chi connectivity index (χ3v) is 2.12. The van der Waals surface area contributed by atoms with E-state index in [0.29, 0.717) is 10.0 Å². The molecule has 1 rings (SSSR count). The number of hydrogen-bond acceptors (Lipinski definition) is 2. The van der Waals surface area contributed by atoms with E-state index >= 15 is 0 Å². The van der Waals surface area contributed by atoms with E-state index in [1.165, 1.54) is 12.1 Å². The van der Waals surface area contributed by atoms with Crippen LogP contribution in [0.3, 0.4) is 0 Å². The second-order valence-electron chi connectivity index (χ2n) is 2.35. The Kier molecular flexibility index (Phi) is 18.9. The standard InChI is InChI=1S/C8H7BrO3.B.3BrH/c9-7-4-6(10)2-1-5(7)3-8(11)12;;;;/h1-2,4,10H,3H2,(H,11,12);;3*1H. The molecule has 16 heavy (non-hydrogen) atoms. The maximum absolute atomic E-state index is 10.3. The molecule has 0 amide bonds. The average molecular weight is 485 g/mol. The Labute approximate surface area is 136 Å². The number of carboxylic acids is 1. The number of halogens is 4. The van der Waals surface area contributed by atoms with Gasteiger partial charge in [-0.2, -0.15) is 0 Å². The van der Waals surface area contributed by atoms with Crippen molar-refractivity contribution < 1.29 is 15.0 Å². The molecule has 0 fully saturated rings. The van der Waals surface area contributed by atoms with Crippen LogP contribution in [0.4, 0.5) is 0 Å². The van der Waals surface area contributed by atoms with E-state index < -0.39 is 5.97 Å². The lowest BCUT2D eigenvalue weighted by molar-refractivity contribution is -0.136. The summed E-state index contributed by atoms with van der Waals surface area (Å²) in [5, 5.41) is 17.5. The Morgan fingerprint density at radius 2 is 1.75 bits per heavy atom. The van der Waals surface area contributed by atoms with Crippen molar-refractivity contribution in [2.75, 3.05) is 0 Å². The normalized spacial score (nSPS) is 7.31. The maximum Gasteiger partial charge on any atom is 0.307 e. The van der Waals surface area contributed by atoms with E-state index in [1.54, 1.807) is 6.07 Å². The monoisotopic (exact) mass is 481 g/mol. The molecule has 0 bridgehead atoms. The highest BCUT2D eigenvalue weighted by Crippen LogP contribution is 2.22. The second-order valence-corrected chi connectivity index (χ2v) is 3.20. The zero-order chi connectivity index (χ0) is 9.14. The molecule has 0 aliphatic carbocycles. The van der Waals surface area contributed by atoms with Gasteiger partial charge in [0.2, 0.25) is 0 Å². The number of aliphatic carboxylic acids is 1. The number of phenolic OH excluding ortho intramolecular Hbond substituents is 1. The summed E-state index contributed by atoms with van der Waals surface area (Å²) in [4.78, 5) is 10.3. The van der Waals surface area contributed by atoms with Crippen molar-refractivity contribution in [3.8, 4) is 5.75 Å². The van der Waals surface area contributed by atoms with Crippen molar-refractivity contribution in [1.82, 2.24) is 0 Å². The Morgan fingerprint density at radius 3 is 2.12 bits per heavy atom. The van der Waals surface area contributed by atoms with Gasteiger partial charge in [-0.25, -0.2) is 0 Å². The summed E-state index contributed by atoms with van der Waals surface area (Å²) in [7, 11) is 0. The minimum Gasteiger partial charge on any atom is -0.508 e. The number of benzene rings is 1. The smallest absolute Gasteiger partial charge is 0.307 e. The molecular formula is C8H10BBr4O3. The van der Waals surface area contributed by atoms with Gasteiger partial charge in [-0.05, 0) is 17.7 Å². The third-order valence-electron chi connectivity index (χ3n) is 1.38. The van der Waals surface area contributed by atoms with E-state index in [1.807, 2.05) is 0 Å². The summed E-state index contributed by atoms with van der Waals surface area (Å²) in [5.74, 6) is -0.766. The van der Waals surface area contributed by atoms with Crippen LogP contribution in [0.1, 0.15) is 5.56 Å². The van der Waals surface area contributed by atoms with Gasteiger partial charge in [0, 0.05) is 12.9 Å². The van der Waals surface area contributed by atoms with Crippen molar-refractivity contribution >= 4 is 81.3 Å². The van der Waals surface area contributed by atoms with Crippen LogP contribution in [0, 0.1) is 0 Å². The molecular weight excluding hydrogens is 475 g/mol. The number of rotatable bonds is 2. The van der Waals surface area contributed by atoms with E-state index in [-0.39, 0.29) is 71.5 Å². The first-order chi connectivity index (χ1) is 5.59. The van der Waals surface area contributed by atoms with Crippen LogP contribution >= 0.6 is 66.9 Å². The molecule has 2 N–H and O–H groups in total. The molecule has 1 aromatic rings. The molecule has 0 heterocycles. The van der Waals surface area contributed by atoms with Gasteiger partial charge in [-0.1, -0.05) is 22.0 Å². The van der Waals surface area contributed by atoms with Gasteiger partial charge in [0.1, 0.15) is 5.75 Å². The highest BCUT2D eigenvalue weighted by molar-refractivity contribution is 9.10. The predicted molar refractivity (Wildman–Crippen MR) is 83.9 cm³/mol. The fourth-order valence-corrected chi connectivity index (χ4v) is 1.35. The zero-order valence-corrected chi connectivity index (χ0v) is 14.6. The van der Waals surface area contributed by atoms with Gasteiger partial charge in [0.05, 0.1) is 6.42 Å². The summed E-state index contributed by atoms with van der Waals surface area (Å²) in [5.41, 5.74) is 0.653. The number of hydrogen-bond donors (Lipinski definition) is 2. The number of aromatic hydroxyl groups is 1. The Hall–Kier alpha value is 0.475. The highest BCUT2D eigenvalue weighted by Gasteiger charge is 2.04. The van der Waals surface area contributed by atoms with Crippen molar-refractivity contribution in [3.05, 3.63) is 28.2 Å². The molecule has 0 aliphatic rings. The van der Waals surface area contributed by atoms with Gasteiger partial charge in [0.15, 0.2) is 0 Å². The minimum absolute atomic E-state index is 0. The van der Waals surface area contributed by atoms with E-state index in [4.69, 9.17) is 10.2 Å². The molecule has 0 aliphatic heterocycles. The summed E-state index contributed by atoms with van der Waals surface area (Å²) < 4.78 is 0.616. The highest BCUT2D eigenvalue weighted by atomic mass is 79.9. The van der Waals surface area contributed by atoms with Gasteiger partial charge >= 0.3 is 5.97 Å². The number of carbonyl (C=O) groups is 1. The van der Waals surface area contributed by atoms with Crippen LogP contribution in [-0.2, 0) is 11.2 Å². The number of phenols is 1. The van der Waals surface area contributed by atoms with Gasteiger partial charge in [-0.15, -0.1) is 50.9 Å². The summed E-state index contributed by atoms with van der Waals surface area (Å²) >= 11 is 3.15. The van der Waals surface area contributed by atoms with Gasteiger partial charge in [0.25, 0.3) is 0 Å². The topological polar surface area (TPSA) is 57.5 Å². The van der Waals surface area contributed by atoms with Crippen LogP contribution in [0.5, 0.6) is 5.75 Å². The minimum atomic E-state index is -0.888. The number of carboxylic acid groups (broad SMARTS) is 1. The average Bonchev–Trinajstić information content (AvgIpc) is 1.94. The van der Waals surface area contributed by atoms with E-state index in [2.05, 4.69) is 15.9 Å². The van der Waals surface area contributed by atoms with Crippen molar-refractivity contribution in [1.29, 1.82) is 0 Å². The van der Waals surface area contributed by atoms with Crippen LogP contribution < -0.4 is 0 Å². The fourth-order valence-electron chi connectivity index (χ4n) is 0.843. The molecule has 0 saturated heterocycles. The molecule has 0 unspecified atom stereocenters. The van der Waals surface area contributed by atoms with Crippen molar-refractivity contribution in [2.45, 2.75) is 6.42 Å². The lowest BCUT2D eigenvalue weighted by Crippen LogP contribution is -2.00. The summed E-state index contributed by atoms with van der Waals surface area (Å²) in [6.07, 6.45) is -0.0408. The SMILES string of the molecule is Br.Br.Br.O=C(O)Cc1ccc(O)cc1Br.[B]. The van der Waals surface area contributed by atoms with Gasteiger partial charge in [-0.3, -0.25) is 4.79 Å². The van der Waals surface area contributed by atoms with Crippen LogP contribution in [-0.4, -0.2) is 24.6 Å². The summed E-state index contributed by atoms with van der Waals surface area (Å²) in [6, 6.07) is 4.51. The molecule has 3 nitrogen and oxygen atoms in total. The van der Waals surface area contributed by atoms with Crippen molar-refractivity contribution in [3.63, 3.8) is 0 Å². The predicted octanol–water partition coefficient (Wildman–Crippen LogP) is 3.13. The zero-order valence-electron chi connectivity index (χ0n) is 7.92. The van der Waals surface area contributed by atoms with Crippen LogP contribution in [0.2, 0.25) is 0 Å². The molecule has 0 atom stereocenters. The fraction of sp³-hybridized carbons (Fsp3) is 0.125. The summed E-state index contributed by atoms with van der Waals surface area (Å²) in [6.45, 7) is 0. The Bertz CT molecular complexity index is 322. The first-order valence-corrected chi connectivity index (χ1v) is 4.08. The molecule has 3 radical (unpaired) electrons. The molecule has 8 heteroatoms. The Balaban J connectivity index is -0.000000180. The Morgan fingerprint density at radius 1 is 1.25 bits per heavy atom. The van der Waals surface area contributed by atoms with E-state index in [9.17, 15) is 4.79 Å². The largest absolute Gasteiger partial charge is 0.508 e. The molecule has 1 aromatic carbocycles. The molecule has 0 spiro atoms.